The van der Waals surface area contributed by atoms with Crippen LogP contribution >= 0.6 is 0 Å². The summed E-state index contributed by atoms with van der Waals surface area (Å²) >= 11 is 0. The van der Waals surface area contributed by atoms with Crippen molar-refractivity contribution in [3.63, 3.8) is 0 Å². The predicted molar refractivity (Wildman–Crippen MR) is 108 cm³/mol. The van der Waals surface area contributed by atoms with Crippen molar-refractivity contribution in [3.8, 4) is 17.0 Å². The molecule has 5 rings (SSSR count). The topological polar surface area (TPSA) is 87.9 Å². The SMILES string of the molecule is COc1ncnn2ccc(-c3cnc4nc(C)n(Cc5nn(C)cc5C)c4c3)c12. The van der Waals surface area contributed by atoms with Crippen LogP contribution < -0.4 is 4.74 Å². The number of ether oxygens (including phenoxy) is 1. The number of rotatable bonds is 4. The lowest BCUT2D eigenvalue weighted by atomic mass is 10.1. The van der Waals surface area contributed by atoms with Crippen molar-refractivity contribution in [2.45, 2.75) is 20.4 Å². The lowest BCUT2D eigenvalue weighted by Gasteiger charge is -2.07. The highest BCUT2D eigenvalue weighted by atomic mass is 16.5. The molecule has 0 atom stereocenters. The molecule has 0 saturated carbocycles. The lowest BCUT2D eigenvalue weighted by molar-refractivity contribution is 0.399. The molecule has 29 heavy (non-hydrogen) atoms. The van der Waals surface area contributed by atoms with Gasteiger partial charge in [0.1, 0.15) is 17.7 Å². The van der Waals surface area contributed by atoms with E-state index in [4.69, 9.17) is 4.74 Å². The highest BCUT2D eigenvalue weighted by Crippen LogP contribution is 2.31. The van der Waals surface area contributed by atoms with Gasteiger partial charge in [-0.2, -0.15) is 15.2 Å². The Labute approximate surface area is 166 Å². The number of fused-ring (bicyclic) bond motifs is 2. The van der Waals surface area contributed by atoms with Gasteiger partial charge in [-0.15, -0.1) is 0 Å². The van der Waals surface area contributed by atoms with Crippen LogP contribution in [-0.2, 0) is 13.6 Å². The lowest BCUT2D eigenvalue weighted by Crippen LogP contribution is -2.04. The zero-order valence-electron chi connectivity index (χ0n) is 16.7. The molecule has 0 aliphatic heterocycles. The number of aryl methyl sites for hydroxylation is 3. The van der Waals surface area contributed by atoms with E-state index >= 15 is 0 Å². The number of pyridine rings is 1. The molecule has 0 amide bonds. The van der Waals surface area contributed by atoms with Gasteiger partial charge in [0, 0.05) is 36.8 Å². The quantitative estimate of drug-likeness (QED) is 0.470. The molecule has 0 radical (unpaired) electrons. The monoisotopic (exact) mass is 388 g/mol. The zero-order valence-corrected chi connectivity index (χ0v) is 16.7. The van der Waals surface area contributed by atoms with E-state index < -0.39 is 0 Å². The van der Waals surface area contributed by atoms with E-state index in [9.17, 15) is 0 Å². The van der Waals surface area contributed by atoms with E-state index in [1.807, 2.05) is 43.3 Å². The summed E-state index contributed by atoms with van der Waals surface area (Å²) in [5.41, 5.74) is 6.55. The molecule has 0 saturated heterocycles. The summed E-state index contributed by atoms with van der Waals surface area (Å²) in [5, 5.41) is 8.85. The summed E-state index contributed by atoms with van der Waals surface area (Å²) in [6.07, 6.45) is 7.21. The Kier molecular flexibility index (Phi) is 3.83. The molecule has 9 nitrogen and oxygen atoms in total. The molecule has 5 heterocycles. The molecule has 0 fully saturated rings. The van der Waals surface area contributed by atoms with Gasteiger partial charge >= 0.3 is 0 Å². The standard InChI is InChI=1S/C20H20N8O/c1-12-9-26(3)25-16(12)10-27-13(2)24-19-17(27)7-14(8-21-19)15-5-6-28-18(15)20(29-4)22-11-23-28/h5-9,11H,10H2,1-4H3. The van der Waals surface area contributed by atoms with Crippen LogP contribution in [0, 0.1) is 13.8 Å². The molecule has 146 valence electrons. The molecule has 0 spiro atoms. The Hall–Kier alpha value is -3.75. The summed E-state index contributed by atoms with van der Waals surface area (Å²) in [5.74, 6) is 1.42. The molecule has 9 heteroatoms. The first-order chi connectivity index (χ1) is 14.0. The van der Waals surface area contributed by atoms with E-state index in [1.54, 1.807) is 11.6 Å². The molecule has 0 N–H and O–H groups in total. The third-order valence-corrected chi connectivity index (χ3v) is 5.14. The molecule has 0 aliphatic carbocycles. The van der Waals surface area contributed by atoms with Gasteiger partial charge in [-0.25, -0.2) is 14.5 Å². The fourth-order valence-electron chi connectivity index (χ4n) is 3.73. The molecular formula is C20H20N8O. The Morgan fingerprint density at radius 3 is 2.79 bits per heavy atom. The van der Waals surface area contributed by atoms with Crippen LogP contribution in [0.3, 0.4) is 0 Å². The average Bonchev–Trinajstić information content (AvgIpc) is 3.37. The second kappa shape index (κ2) is 6.40. The molecule has 0 bridgehead atoms. The Bertz CT molecular complexity index is 1360. The van der Waals surface area contributed by atoms with Crippen molar-refractivity contribution >= 4 is 16.7 Å². The van der Waals surface area contributed by atoms with Crippen molar-refractivity contribution in [2.24, 2.45) is 7.05 Å². The average molecular weight is 388 g/mol. The van der Waals surface area contributed by atoms with Crippen LogP contribution in [0.4, 0.5) is 0 Å². The minimum absolute atomic E-state index is 0.522. The van der Waals surface area contributed by atoms with E-state index in [0.29, 0.717) is 18.1 Å². The number of nitrogens with zero attached hydrogens (tertiary/aromatic N) is 8. The largest absolute Gasteiger partial charge is 0.479 e. The number of hydrogen-bond acceptors (Lipinski definition) is 6. The third kappa shape index (κ3) is 2.74. The molecule has 5 aromatic rings. The number of aromatic nitrogens is 8. The maximum Gasteiger partial charge on any atom is 0.241 e. The molecular weight excluding hydrogens is 368 g/mol. The third-order valence-electron chi connectivity index (χ3n) is 5.14. The van der Waals surface area contributed by atoms with Gasteiger partial charge in [-0.1, -0.05) is 0 Å². The number of imidazole rings is 1. The Balaban J connectivity index is 1.67. The van der Waals surface area contributed by atoms with E-state index in [2.05, 4.69) is 42.7 Å². The smallest absolute Gasteiger partial charge is 0.241 e. The van der Waals surface area contributed by atoms with Crippen LogP contribution in [0.5, 0.6) is 5.88 Å². The van der Waals surface area contributed by atoms with Crippen molar-refractivity contribution in [2.75, 3.05) is 7.11 Å². The van der Waals surface area contributed by atoms with E-state index in [1.165, 1.54) is 6.33 Å². The molecule has 5 aromatic heterocycles. The molecule has 0 unspecified atom stereocenters. The van der Waals surface area contributed by atoms with Crippen molar-refractivity contribution in [1.82, 2.24) is 38.9 Å². The second-order valence-electron chi connectivity index (χ2n) is 7.04. The van der Waals surface area contributed by atoms with Crippen LogP contribution in [0.25, 0.3) is 27.8 Å². The Morgan fingerprint density at radius 1 is 1.17 bits per heavy atom. The normalized spacial score (nSPS) is 11.6. The summed E-state index contributed by atoms with van der Waals surface area (Å²) in [4.78, 5) is 13.5. The minimum Gasteiger partial charge on any atom is -0.479 e. The first kappa shape index (κ1) is 17.4. The summed E-state index contributed by atoms with van der Waals surface area (Å²) in [6.45, 7) is 4.70. The van der Waals surface area contributed by atoms with Gasteiger partial charge in [-0.05, 0) is 31.5 Å². The summed E-state index contributed by atoms with van der Waals surface area (Å²) < 4.78 is 11.2. The van der Waals surface area contributed by atoms with Gasteiger partial charge in [0.15, 0.2) is 5.65 Å². The highest BCUT2D eigenvalue weighted by Gasteiger charge is 2.16. The van der Waals surface area contributed by atoms with E-state index in [0.717, 1.165) is 39.2 Å². The maximum absolute atomic E-state index is 5.44. The minimum atomic E-state index is 0.522. The van der Waals surface area contributed by atoms with Crippen LogP contribution in [0.15, 0.2) is 37.1 Å². The molecule has 0 aromatic carbocycles. The van der Waals surface area contributed by atoms with Crippen molar-refractivity contribution < 1.29 is 4.74 Å². The maximum atomic E-state index is 5.44. The number of hydrogen-bond donors (Lipinski definition) is 0. The van der Waals surface area contributed by atoms with Crippen LogP contribution in [-0.4, -0.2) is 46.0 Å². The summed E-state index contributed by atoms with van der Waals surface area (Å²) in [7, 11) is 3.54. The van der Waals surface area contributed by atoms with Crippen LogP contribution in [0.1, 0.15) is 17.1 Å². The van der Waals surface area contributed by atoms with Crippen molar-refractivity contribution in [1.29, 1.82) is 0 Å². The van der Waals surface area contributed by atoms with Gasteiger partial charge in [0.25, 0.3) is 0 Å². The zero-order chi connectivity index (χ0) is 20.1. The molecule has 0 aliphatic rings. The van der Waals surface area contributed by atoms with Gasteiger partial charge in [0.05, 0.1) is 24.9 Å². The van der Waals surface area contributed by atoms with E-state index in [-0.39, 0.29) is 0 Å². The van der Waals surface area contributed by atoms with Gasteiger partial charge < -0.3 is 9.30 Å². The first-order valence-corrected chi connectivity index (χ1v) is 9.24. The highest BCUT2D eigenvalue weighted by molar-refractivity contribution is 5.87. The fourth-order valence-corrected chi connectivity index (χ4v) is 3.73. The number of methoxy groups -OCH3 is 1. The fraction of sp³-hybridized carbons (Fsp3) is 0.250. The Morgan fingerprint density at radius 2 is 2.03 bits per heavy atom. The predicted octanol–water partition coefficient (Wildman–Crippen LogP) is 2.55. The van der Waals surface area contributed by atoms with Gasteiger partial charge in [0.2, 0.25) is 5.88 Å². The van der Waals surface area contributed by atoms with Crippen LogP contribution in [0.2, 0.25) is 0 Å². The van der Waals surface area contributed by atoms with Gasteiger partial charge in [-0.3, -0.25) is 4.68 Å². The second-order valence-corrected chi connectivity index (χ2v) is 7.04. The first-order valence-electron chi connectivity index (χ1n) is 9.24. The summed E-state index contributed by atoms with van der Waals surface area (Å²) in [6, 6.07) is 4.09. The van der Waals surface area contributed by atoms with Crippen molar-refractivity contribution in [3.05, 3.63) is 54.1 Å².